The summed E-state index contributed by atoms with van der Waals surface area (Å²) in [6, 6.07) is 2.54. The Hall–Kier alpha value is -0.360. The molecule has 0 aromatic heterocycles. The Balaban J connectivity index is 2.73. The molecule has 0 radical (unpaired) electrons. The fraction of sp³-hybridized carbons (Fsp3) is 0.333. The van der Waals surface area contributed by atoms with Crippen molar-refractivity contribution in [3.05, 3.63) is 27.4 Å². The zero-order valence-corrected chi connectivity index (χ0v) is 10.1. The molecule has 0 heterocycles. The van der Waals surface area contributed by atoms with Crippen LogP contribution in [0, 0.1) is 5.82 Å². The molecule has 15 heavy (non-hydrogen) atoms. The first-order chi connectivity index (χ1) is 7.04. The number of aliphatic hydroxyl groups is 1. The first kappa shape index (κ1) is 12.7. The summed E-state index contributed by atoms with van der Waals surface area (Å²) in [4.78, 5) is 0. The molecular weight excluding hydrogens is 288 g/mol. The lowest BCUT2D eigenvalue weighted by molar-refractivity contribution is 0.113. The third-order valence-electron chi connectivity index (χ3n) is 1.68. The van der Waals surface area contributed by atoms with Crippen LogP contribution >= 0.6 is 27.5 Å². The number of hydrogen-bond donors (Lipinski definition) is 2. The van der Waals surface area contributed by atoms with Crippen LogP contribution in [0.25, 0.3) is 0 Å². The molecule has 0 fully saturated rings. The number of benzene rings is 1. The van der Waals surface area contributed by atoms with Crippen LogP contribution in [-0.4, -0.2) is 24.4 Å². The number of halogens is 3. The SMILES string of the molecule is NCC(O)COc1cc(F)c(Cl)cc1Br. The standard InChI is InChI=1S/C9H10BrClFNO2/c10-6-1-7(11)8(12)2-9(6)15-4-5(14)3-13/h1-2,5,14H,3-4,13H2. The summed E-state index contributed by atoms with van der Waals surface area (Å²) in [5.41, 5.74) is 5.19. The molecular formula is C9H10BrClFNO2. The molecule has 1 atom stereocenters. The maximum absolute atomic E-state index is 13.0. The molecule has 3 nitrogen and oxygen atoms in total. The van der Waals surface area contributed by atoms with E-state index < -0.39 is 11.9 Å². The number of aliphatic hydroxyl groups excluding tert-OH is 1. The van der Waals surface area contributed by atoms with Gasteiger partial charge in [-0.1, -0.05) is 11.6 Å². The summed E-state index contributed by atoms with van der Waals surface area (Å²) in [5.74, 6) is -0.290. The molecule has 0 aliphatic rings. The van der Waals surface area contributed by atoms with E-state index in [1.54, 1.807) is 0 Å². The van der Waals surface area contributed by atoms with Gasteiger partial charge < -0.3 is 15.6 Å². The second-order valence-corrected chi connectivity index (χ2v) is 4.16. The van der Waals surface area contributed by atoms with Crippen LogP contribution in [0.4, 0.5) is 4.39 Å². The minimum atomic E-state index is -0.768. The van der Waals surface area contributed by atoms with Crippen molar-refractivity contribution in [2.45, 2.75) is 6.10 Å². The molecule has 6 heteroatoms. The summed E-state index contributed by atoms with van der Waals surface area (Å²) in [6.45, 7) is 0.101. The van der Waals surface area contributed by atoms with E-state index in [2.05, 4.69) is 15.9 Å². The highest BCUT2D eigenvalue weighted by atomic mass is 79.9. The Bertz CT molecular complexity index is 351. The lowest BCUT2D eigenvalue weighted by Gasteiger charge is -2.11. The third-order valence-corrected chi connectivity index (χ3v) is 2.59. The first-order valence-electron chi connectivity index (χ1n) is 4.20. The molecule has 1 aromatic carbocycles. The van der Waals surface area contributed by atoms with E-state index in [-0.39, 0.29) is 23.9 Å². The fourth-order valence-electron chi connectivity index (χ4n) is 0.869. The van der Waals surface area contributed by atoms with Gasteiger partial charge in [0.25, 0.3) is 0 Å². The Morgan fingerprint density at radius 1 is 1.60 bits per heavy atom. The Morgan fingerprint density at radius 2 is 2.27 bits per heavy atom. The van der Waals surface area contributed by atoms with Gasteiger partial charge in [-0.25, -0.2) is 4.39 Å². The molecule has 0 saturated heterocycles. The van der Waals surface area contributed by atoms with Crippen LogP contribution in [-0.2, 0) is 0 Å². The van der Waals surface area contributed by atoms with Crippen molar-refractivity contribution in [3.63, 3.8) is 0 Å². The van der Waals surface area contributed by atoms with Crippen molar-refractivity contribution in [3.8, 4) is 5.75 Å². The average Bonchev–Trinajstić information content (AvgIpc) is 2.21. The lowest BCUT2D eigenvalue weighted by atomic mass is 10.3. The van der Waals surface area contributed by atoms with E-state index in [4.69, 9.17) is 27.2 Å². The quantitative estimate of drug-likeness (QED) is 0.835. The summed E-state index contributed by atoms with van der Waals surface area (Å²) in [6.07, 6.45) is -0.768. The second kappa shape index (κ2) is 5.65. The maximum atomic E-state index is 13.0. The van der Waals surface area contributed by atoms with E-state index in [1.165, 1.54) is 6.07 Å². The molecule has 1 unspecified atom stereocenters. The number of ether oxygens (including phenoxy) is 1. The van der Waals surface area contributed by atoms with Crippen LogP contribution in [0.1, 0.15) is 0 Å². The first-order valence-corrected chi connectivity index (χ1v) is 5.37. The van der Waals surface area contributed by atoms with Crippen molar-refractivity contribution < 1.29 is 14.2 Å². The zero-order valence-electron chi connectivity index (χ0n) is 7.71. The molecule has 0 aliphatic carbocycles. The van der Waals surface area contributed by atoms with Crippen LogP contribution < -0.4 is 10.5 Å². The average molecular weight is 299 g/mol. The van der Waals surface area contributed by atoms with E-state index >= 15 is 0 Å². The second-order valence-electron chi connectivity index (χ2n) is 2.90. The number of hydrogen-bond acceptors (Lipinski definition) is 3. The van der Waals surface area contributed by atoms with Gasteiger partial charge in [0, 0.05) is 12.6 Å². The van der Waals surface area contributed by atoms with Crippen molar-refractivity contribution >= 4 is 27.5 Å². The van der Waals surface area contributed by atoms with Crippen LogP contribution in [0.5, 0.6) is 5.75 Å². The molecule has 0 amide bonds. The Labute approximate surface area is 100 Å². The zero-order chi connectivity index (χ0) is 11.4. The van der Waals surface area contributed by atoms with E-state index in [1.807, 2.05) is 0 Å². The number of nitrogens with two attached hydrogens (primary N) is 1. The van der Waals surface area contributed by atoms with Crippen molar-refractivity contribution in [1.29, 1.82) is 0 Å². The monoisotopic (exact) mass is 297 g/mol. The largest absolute Gasteiger partial charge is 0.490 e. The van der Waals surface area contributed by atoms with Gasteiger partial charge in [0.15, 0.2) is 0 Å². The molecule has 0 aliphatic heterocycles. The lowest BCUT2D eigenvalue weighted by Crippen LogP contribution is -2.26. The minimum Gasteiger partial charge on any atom is -0.490 e. The predicted octanol–water partition coefficient (Wildman–Crippen LogP) is 1.94. The molecule has 0 bridgehead atoms. The van der Waals surface area contributed by atoms with Crippen molar-refractivity contribution in [2.24, 2.45) is 5.73 Å². The molecule has 84 valence electrons. The van der Waals surface area contributed by atoms with Crippen LogP contribution in [0.3, 0.4) is 0 Å². The van der Waals surface area contributed by atoms with Gasteiger partial charge in [0.1, 0.15) is 24.3 Å². The highest BCUT2D eigenvalue weighted by Gasteiger charge is 2.09. The van der Waals surface area contributed by atoms with Crippen molar-refractivity contribution in [1.82, 2.24) is 0 Å². The van der Waals surface area contributed by atoms with Gasteiger partial charge in [0.05, 0.1) is 9.50 Å². The topological polar surface area (TPSA) is 55.5 Å². The van der Waals surface area contributed by atoms with Gasteiger partial charge in [-0.05, 0) is 22.0 Å². The third kappa shape index (κ3) is 3.61. The smallest absolute Gasteiger partial charge is 0.145 e. The number of rotatable bonds is 4. The van der Waals surface area contributed by atoms with Gasteiger partial charge in [-0.3, -0.25) is 0 Å². The van der Waals surface area contributed by atoms with E-state index in [0.717, 1.165) is 6.07 Å². The molecule has 0 saturated carbocycles. The van der Waals surface area contributed by atoms with Gasteiger partial charge in [-0.15, -0.1) is 0 Å². The summed E-state index contributed by atoms with van der Waals surface area (Å²) in [7, 11) is 0. The van der Waals surface area contributed by atoms with Crippen LogP contribution in [0.15, 0.2) is 16.6 Å². The minimum absolute atomic E-state index is 0.00796. The molecule has 1 rings (SSSR count). The predicted molar refractivity (Wildman–Crippen MR) is 59.7 cm³/mol. The van der Waals surface area contributed by atoms with Crippen molar-refractivity contribution in [2.75, 3.05) is 13.2 Å². The van der Waals surface area contributed by atoms with E-state index in [0.29, 0.717) is 4.47 Å². The molecule has 3 N–H and O–H groups in total. The summed E-state index contributed by atoms with van der Waals surface area (Å²) in [5, 5.41) is 9.16. The fourth-order valence-corrected chi connectivity index (χ4v) is 1.62. The van der Waals surface area contributed by atoms with Gasteiger partial charge in [0.2, 0.25) is 0 Å². The van der Waals surface area contributed by atoms with Crippen LogP contribution in [0.2, 0.25) is 5.02 Å². The normalized spacial score (nSPS) is 12.6. The molecule has 0 spiro atoms. The van der Waals surface area contributed by atoms with E-state index in [9.17, 15) is 4.39 Å². The summed E-state index contributed by atoms with van der Waals surface area (Å²) < 4.78 is 18.7. The Morgan fingerprint density at radius 3 is 2.87 bits per heavy atom. The van der Waals surface area contributed by atoms with Gasteiger partial charge >= 0.3 is 0 Å². The highest BCUT2D eigenvalue weighted by molar-refractivity contribution is 9.10. The molecule has 1 aromatic rings. The van der Waals surface area contributed by atoms with Gasteiger partial charge in [-0.2, -0.15) is 0 Å². The summed E-state index contributed by atoms with van der Waals surface area (Å²) >= 11 is 8.71. The highest BCUT2D eigenvalue weighted by Crippen LogP contribution is 2.30. The Kier molecular flexibility index (Phi) is 4.79. The maximum Gasteiger partial charge on any atom is 0.145 e.